The van der Waals surface area contributed by atoms with E-state index in [4.69, 9.17) is 9.84 Å². The van der Waals surface area contributed by atoms with E-state index in [0.717, 1.165) is 9.88 Å². The van der Waals surface area contributed by atoms with E-state index in [0.29, 0.717) is 13.2 Å². The van der Waals surface area contributed by atoms with Gasteiger partial charge in [-0.15, -0.1) is 11.3 Å². The second-order valence-corrected chi connectivity index (χ2v) is 3.74. The third-order valence-electron chi connectivity index (χ3n) is 1.47. The molecule has 0 bridgehead atoms. The molecule has 13 heavy (non-hydrogen) atoms. The smallest absolute Gasteiger partial charge is 0.355 e. The van der Waals surface area contributed by atoms with Gasteiger partial charge in [-0.1, -0.05) is 0 Å². The van der Waals surface area contributed by atoms with E-state index in [1.54, 1.807) is 6.92 Å². The Morgan fingerprint density at radius 2 is 2.38 bits per heavy atom. The molecule has 0 aliphatic carbocycles. The lowest BCUT2D eigenvalue weighted by Gasteiger charge is -1.93. The van der Waals surface area contributed by atoms with Crippen molar-refractivity contribution in [1.82, 2.24) is 4.98 Å². The summed E-state index contributed by atoms with van der Waals surface area (Å²) in [6.07, 6.45) is 0. The number of ether oxygens (including phenoxy) is 1. The molecule has 0 fully saturated rings. The van der Waals surface area contributed by atoms with Crippen LogP contribution in [0.25, 0.3) is 0 Å². The number of aryl methyl sites for hydroxylation is 1. The van der Waals surface area contributed by atoms with Gasteiger partial charge in [-0.3, -0.25) is 0 Å². The number of carboxylic acid groups (broad SMARTS) is 1. The van der Waals surface area contributed by atoms with Crippen molar-refractivity contribution in [3.63, 3.8) is 0 Å². The van der Waals surface area contributed by atoms with E-state index in [1.807, 2.05) is 6.92 Å². The maximum Gasteiger partial charge on any atom is 0.355 e. The summed E-state index contributed by atoms with van der Waals surface area (Å²) in [6, 6.07) is 0. The minimum Gasteiger partial charge on any atom is -0.476 e. The Hall–Kier alpha value is -0.940. The highest BCUT2D eigenvalue weighted by molar-refractivity contribution is 7.11. The number of aromatic nitrogens is 1. The van der Waals surface area contributed by atoms with E-state index in [2.05, 4.69) is 4.98 Å². The summed E-state index contributed by atoms with van der Waals surface area (Å²) in [5, 5.41) is 9.43. The SMILES string of the molecule is CCOCc1nc(C(=O)O)c(C)s1. The maximum absolute atomic E-state index is 10.6. The van der Waals surface area contributed by atoms with Crippen LogP contribution in [0.3, 0.4) is 0 Å². The molecular formula is C8H11NO3S. The van der Waals surface area contributed by atoms with Crippen molar-refractivity contribution >= 4 is 17.3 Å². The van der Waals surface area contributed by atoms with Gasteiger partial charge in [0.05, 0.1) is 6.61 Å². The Morgan fingerprint density at radius 3 is 2.85 bits per heavy atom. The molecule has 0 radical (unpaired) electrons. The van der Waals surface area contributed by atoms with Crippen molar-refractivity contribution in [2.24, 2.45) is 0 Å². The minimum atomic E-state index is -0.975. The maximum atomic E-state index is 10.6. The van der Waals surface area contributed by atoms with Crippen LogP contribution in [-0.2, 0) is 11.3 Å². The zero-order valence-corrected chi connectivity index (χ0v) is 8.35. The largest absolute Gasteiger partial charge is 0.476 e. The number of aromatic carboxylic acids is 1. The number of rotatable bonds is 4. The van der Waals surface area contributed by atoms with E-state index in [1.165, 1.54) is 11.3 Å². The van der Waals surface area contributed by atoms with Crippen LogP contribution >= 0.6 is 11.3 Å². The van der Waals surface area contributed by atoms with Gasteiger partial charge in [0, 0.05) is 11.5 Å². The molecule has 1 aromatic heterocycles. The predicted molar refractivity (Wildman–Crippen MR) is 49.1 cm³/mol. The first-order chi connectivity index (χ1) is 6.15. The lowest BCUT2D eigenvalue weighted by molar-refractivity contribution is 0.0689. The summed E-state index contributed by atoms with van der Waals surface area (Å²) < 4.78 is 5.12. The van der Waals surface area contributed by atoms with Gasteiger partial charge < -0.3 is 9.84 Å². The first kappa shape index (κ1) is 10.1. The fourth-order valence-electron chi connectivity index (χ4n) is 0.901. The number of hydrogen-bond acceptors (Lipinski definition) is 4. The van der Waals surface area contributed by atoms with Crippen molar-refractivity contribution in [2.45, 2.75) is 20.5 Å². The molecule has 1 N–H and O–H groups in total. The molecular weight excluding hydrogens is 190 g/mol. The first-order valence-electron chi connectivity index (χ1n) is 3.92. The van der Waals surface area contributed by atoms with Crippen molar-refractivity contribution in [2.75, 3.05) is 6.61 Å². The summed E-state index contributed by atoms with van der Waals surface area (Å²) in [6.45, 7) is 4.64. The highest BCUT2D eigenvalue weighted by Gasteiger charge is 2.13. The molecule has 0 saturated carbocycles. The highest BCUT2D eigenvalue weighted by atomic mass is 32.1. The monoisotopic (exact) mass is 201 g/mol. The summed E-state index contributed by atoms with van der Waals surface area (Å²) in [7, 11) is 0. The average Bonchev–Trinajstić information content (AvgIpc) is 2.43. The summed E-state index contributed by atoms with van der Waals surface area (Å²) >= 11 is 1.37. The zero-order chi connectivity index (χ0) is 9.84. The van der Waals surface area contributed by atoms with Gasteiger partial charge in [0.1, 0.15) is 5.01 Å². The van der Waals surface area contributed by atoms with Gasteiger partial charge in [-0.05, 0) is 13.8 Å². The van der Waals surface area contributed by atoms with Crippen LogP contribution < -0.4 is 0 Å². The van der Waals surface area contributed by atoms with Gasteiger partial charge >= 0.3 is 5.97 Å². The molecule has 0 aromatic carbocycles. The molecule has 0 atom stereocenters. The molecule has 4 nitrogen and oxygen atoms in total. The third kappa shape index (κ3) is 2.50. The summed E-state index contributed by atoms with van der Waals surface area (Å²) in [5.41, 5.74) is 0.139. The molecule has 0 amide bonds. The zero-order valence-electron chi connectivity index (χ0n) is 7.53. The molecule has 0 aliphatic heterocycles. The molecule has 0 unspecified atom stereocenters. The van der Waals surface area contributed by atoms with Gasteiger partial charge in [-0.2, -0.15) is 0 Å². The Labute approximate surface area is 80.2 Å². The molecule has 5 heteroatoms. The molecule has 1 rings (SSSR count). The van der Waals surface area contributed by atoms with Crippen molar-refractivity contribution in [3.05, 3.63) is 15.6 Å². The number of thiazole rings is 1. The Balaban J connectivity index is 2.76. The van der Waals surface area contributed by atoms with Crippen LogP contribution in [0, 0.1) is 6.92 Å². The quantitative estimate of drug-likeness (QED) is 0.805. The molecule has 1 aromatic rings. The number of hydrogen-bond donors (Lipinski definition) is 1. The van der Waals surface area contributed by atoms with Crippen LogP contribution in [0.15, 0.2) is 0 Å². The van der Waals surface area contributed by atoms with E-state index in [-0.39, 0.29) is 5.69 Å². The Kier molecular flexibility index (Phi) is 3.39. The van der Waals surface area contributed by atoms with Gasteiger partial charge in [-0.25, -0.2) is 9.78 Å². The minimum absolute atomic E-state index is 0.139. The standard InChI is InChI=1S/C8H11NO3S/c1-3-12-4-6-9-7(8(10)11)5(2)13-6/h3-4H2,1-2H3,(H,10,11). The Morgan fingerprint density at radius 1 is 1.69 bits per heavy atom. The number of carbonyl (C=O) groups is 1. The fourth-order valence-corrected chi connectivity index (χ4v) is 1.76. The van der Waals surface area contributed by atoms with Crippen molar-refractivity contribution in [1.29, 1.82) is 0 Å². The highest BCUT2D eigenvalue weighted by Crippen LogP contribution is 2.17. The summed E-state index contributed by atoms with van der Waals surface area (Å²) in [5.74, 6) is -0.975. The van der Waals surface area contributed by atoms with E-state index >= 15 is 0 Å². The molecule has 0 saturated heterocycles. The molecule has 0 aliphatic rings. The molecule has 72 valence electrons. The van der Waals surface area contributed by atoms with Gasteiger partial charge in [0.15, 0.2) is 5.69 Å². The molecule has 1 heterocycles. The topological polar surface area (TPSA) is 59.4 Å². The van der Waals surface area contributed by atoms with Gasteiger partial charge in [0.2, 0.25) is 0 Å². The van der Waals surface area contributed by atoms with Crippen molar-refractivity contribution < 1.29 is 14.6 Å². The second-order valence-electron chi connectivity index (χ2n) is 2.45. The third-order valence-corrected chi connectivity index (χ3v) is 2.42. The number of nitrogens with zero attached hydrogens (tertiary/aromatic N) is 1. The summed E-state index contributed by atoms with van der Waals surface area (Å²) in [4.78, 5) is 15.3. The van der Waals surface area contributed by atoms with Crippen LogP contribution in [0.1, 0.15) is 27.3 Å². The first-order valence-corrected chi connectivity index (χ1v) is 4.74. The van der Waals surface area contributed by atoms with E-state index in [9.17, 15) is 4.79 Å². The van der Waals surface area contributed by atoms with Crippen LogP contribution in [0.2, 0.25) is 0 Å². The van der Waals surface area contributed by atoms with Crippen LogP contribution in [0.4, 0.5) is 0 Å². The lowest BCUT2D eigenvalue weighted by atomic mass is 10.4. The normalized spacial score (nSPS) is 10.3. The lowest BCUT2D eigenvalue weighted by Crippen LogP contribution is -1.99. The van der Waals surface area contributed by atoms with Crippen LogP contribution in [-0.4, -0.2) is 22.7 Å². The second kappa shape index (κ2) is 4.34. The van der Waals surface area contributed by atoms with E-state index < -0.39 is 5.97 Å². The molecule has 0 spiro atoms. The average molecular weight is 201 g/mol. The van der Waals surface area contributed by atoms with Crippen molar-refractivity contribution in [3.8, 4) is 0 Å². The van der Waals surface area contributed by atoms with Crippen LogP contribution in [0.5, 0.6) is 0 Å². The fraction of sp³-hybridized carbons (Fsp3) is 0.500. The Bertz CT molecular complexity index is 308. The van der Waals surface area contributed by atoms with Gasteiger partial charge in [0.25, 0.3) is 0 Å². The predicted octanol–water partition coefficient (Wildman–Crippen LogP) is 1.69. The number of carboxylic acids is 1.